The van der Waals surface area contributed by atoms with Gasteiger partial charge in [-0.15, -0.1) is 0 Å². The molecule has 1 aromatic heterocycles. The van der Waals surface area contributed by atoms with Crippen molar-refractivity contribution in [2.45, 2.75) is 39.2 Å². The Kier molecular flexibility index (Phi) is 5.26. The first-order valence-electron chi connectivity index (χ1n) is 8.71. The topological polar surface area (TPSA) is 45.2 Å². The minimum atomic E-state index is -0.105. The average molecular weight is 323 g/mol. The van der Waals surface area contributed by atoms with Crippen LogP contribution in [0.4, 0.5) is 5.82 Å². The van der Waals surface area contributed by atoms with Gasteiger partial charge < -0.3 is 5.32 Å². The molecule has 3 rings (SSSR count). The number of hydrogen-bond acceptors (Lipinski definition) is 3. The van der Waals surface area contributed by atoms with Crippen LogP contribution < -0.4 is 5.32 Å². The molecule has 0 unspecified atom stereocenters. The number of nitrogens with one attached hydrogen (secondary N) is 1. The Morgan fingerprint density at radius 1 is 1.04 bits per heavy atom. The summed E-state index contributed by atoms with van der Waals surface area (Å²) in [5.41, 5.74) is 3.57. The summed E-state index contributed by atoms with van der Waals surface area (Å²) in [7, 11) is 0. The summed E-state index contributed by atoms with van der Waals surface area (Å²) in [6.45, 7) is 6.19. The number of amides is 1. The molecule has 1 amide bonds. The smallest absolute Gasteiger partial charge is 0.222 e. The van der Waals surface area contributed by atoms with Crippen LogP contribution in [0.1, 0.15) is 44.7 Å². The van der Waals surface area contributed by atoms with Gasteiger partial charge in [-0.05, 0) is 56.1 Å². The molecule has 0 bridgehead atoms. The standard InChI is InChI=1S/C20H25N3O/c1-15(23-12-4-3-5-13-23)17-6-8-18(9-7-17)19-10-11-20(21-14-19)22-16(2)24/h6-11,14-15H,3-5,12-13H2,1-2H3,(H,21,22,24)/t15-/m0/s1. The van der Waals surface area contributed by atoms with Gasteiger partial charge in [0.2, 0.25) is 5.91 Å². The van der Waals surface area contributed by atoms with Crippen LogP contribution in [0, 0.1) is 0 Å². The third kappa shape index (κ3) is 4.01. The molecule has 0 saturated carbocycles. The Balaban J connectivity index is 1.70. The van der Waals surface area contributed by atoms with Gasteiger partial charge >= 0.3 is 0 Å². The first-order chi connectivity index (χ1) is 11.6. The fraction of sp³-hybridized carbons (Fsp3) is 0.400. The van der Waals surface area contributed by atoms with Crippen LogP contribution in [0.25, 0.3) is 11.1 Å². The SMILES string of the molecule is CC(=O)Nc1ccc(-c2ccc([C@H](C)N3CCCCC3)cc2)cn1. The Labute approximate surface area is 143 Å². The van der Waals surface area contributed by atoms with Crippen LogP contribution in [-0.4, -0.2) is 28.9 Å². The maximum Gasteiger partial charge on any atom is 0.222 e. The van der Waals surface area contributed by atoms with Gasteiger partial charge in [0.15, 0.2) is 0 Å². The zero-order valence-electron chi connectivity index (χ0n) is 14.5. The number of anilines is 1. The van der Waals surface area contributed by atoms with Crippen molar-refractivity contribution in [2.75, 3.05) is 18.4 Å². The molecule has 0 aliphatic carbocycles. The van der Waals surface area contributed by atoms with Crippen molar-refractivity contribution in [3.05, 3.63) is 48.2 Å². The van der Waals surface area contributed by atoms with E-state index in [9.17, 15) is 4.79 Å². The lowest BCUT2D eigenvalue weighted by atomic mass is 10.00. The molecule has 1 aliphatic heterocycles. The van der Waals surface area contributed by atoms with Gasteiger partial charge in [0.1, 0.15) is 5.82 Å². The Morgan fingerprint density at radius 3 is 2.29 bits per heavy atom. The fourth-order valence-electron chi connectivity index (χ4n) is 3.29. The predicted octanol–water partition coefficient (Wildman–Crippen LogP) is 4.25. The van der Waals surface area contributed by atoms with E-state index in [4.69, 9.17) is 0 Å². The van der Waals surface area contributed by atoms with Gasteiger partial charge in [-0.3, -0.25) is 9.69 Å². The van der Waals surface area contributed by atoms with Gasteiger partial charge in [-0.2, -0.15) is 0 Å². The second-order valence-electron chi connectivity index (χ2n) is 6.51. The number of likely N-dealkylation sites (tertiary alicyclic amines) is 1. The van der Waals surface area contributed by atoms with Crippen LogP contribution in [-0.2, 0) is 4.79 Å². The highest BCUT2D eigenvalue weighted by molar-refractivity contribution is 5.87. The van der Waals surface area contributed by atoms with Gasteiger partial charge in [0.25, 0.3) is 0 Å². The van der Waals surface area contributed by atoms with E-state index in [0.717, 1.165) is 11.1 Å². The first kappa shape index (κ1) is 16.7. The van der Waals surface area contributed by atoms with Crippen LogP contribution in [0.2, 0.25) is 0 Å². The average Bonchev–Trinajstić information content (AvgIpc) is 2.62. The summed E-state index contributed by atoms with van der Waals surface area (Å²) < 4.78 is 0. The lowest BCUT2D eigenvalue weighted by Crippen LogP contribution is -2.32. The minimum absolute atomic E-state index is 0.105. The molecular weight excluding hydrogens is 298 g/mol. The second kappa shape index (κ2) is 7.58. The van der Waals surface area contributed by atoms with Gasteiger partial charge in [-0.1, -0.05) is 30.7 Å². The molecule has 0 radical (unpaired) electrons. The van der Waals surface area contributed by atoms with E-state index in [0.29, 0.717) is 11.9 Å². The van der Waals surface area contributed by atoms with E-state index in [1.807, 2.05) is 12.1 Å². The number of carbonyl (C=O) groups excluding carboxylic acids is 1. The molecule has 1 aliphatic rings. The molecule has 0 spiro atoms. The van der Waals surface area contributed by atoms with Crippen LogP contribution in [0.15, 0.2) is 42.6 Å². The molecular formula is C20H25N3O. The Bertz CT molecular complexity index is 673. The van der Waals surface area contributed by atoms with Crippen molar-refractivity contribution in [3.63, 3.8) is 0 Å². The highest BCUT2D eigenvalue weighted by Crippen LogP contribution is 2.27. The van der Waals surface area contributed by atoms with Crippen LogP contribution in [0.3, 0.4) is 0 Å². The second-order valence-corrected chi connectivity index (χ2v) is 6.51. The van der Waals surface area contributed by atoms with Gasteiger partial charge in [0.05, 0.1) is 0 Å². The maximum atomic E-state index is 11.0. The van der Waals surface area contributed by atoms with Crippen molar-refractivity contribution in [1.29, 1.82) is 0 Å². The Hall–Kier alpha value is -2.20. The first-order valence-corrected chi connectivity index (χ1v) is 8.71. The van der Waals surface area contributed by atoms with Crippen molar-refractivity contribution in [1.82, 2.24) is 9.88 Å². The molecule has 24 heavy (non-hydrogen) atoms. The number of aromatic nitrogens is 1. The molecule has 1 N–H and O–H groups in total. The summed E-state index contributed by atoms with van der Waals surface area (Å²) in [5.74, 6) is 0.480. The number of nitrogens with zero attached hydrogens (tertiary/aromatic N) is 2. The third-order valence-corrected chi connectivity index (χ3v) is 4.73. The lowest BCUT2D eigenvalue weighted by molar-refractivity contribution is -0.114. The van der Waals surface area contributed by atoms with E-state index >= 15 is 0 Å². The summed E-state index contributed by atoms with van der Waals surface area (Å²) in [6.07, 6.45) is 5.79. The van der Waals surface area contributed by atoms with Crippen molar-refractivity contribution in [2.24, 2.45) is 0 Å². The highest BCUT2D eigenvalue weighted by Gasteiger charge is 2.17. The molecule has 1 saturated heterocycles. The third-order valence-electron chi connectivity index (χ3n) is 4.73. The van der Waals surface area contributed by atoms with E-state index in [2.05, 4.69) is 46.4 Å². The van der Waals surface area contributed by atoms with Crippen molar-refractivity contribution >= 4 is 11.7 Å². The van der Waals surface area contributed by atoms with Gasteiger partial charge in [-0.25, -0.2) is 4.98 Å². The van der Waals surface area contributed by atoms with Crippen LogP contribution in [0.5, 0.6) is 0 Å². The number of carbonyl (C=O) groups is 1. The fourth-order valence-corrected chi connectivity index (χ4v) is 3.29. The number of benzene rings is 1. The molecule has 1 atom stereocenters. The van der Waals surface area contributed by atoms with Crippen LogP contribution >= 0.6 is 0 Å². The highest BCUT2D eigenvalue weighted by atomic mass is 16.1. The van der Waals surface area contributed by atoms with Crippen molar-refractivity contribution in [3.8, 4) is 11.1 Å². The number of rotatable bonds is 4. The van der Waals surface area contributed by atoms with E-state index < -0.39 is 0 Å². The van der Waals surface area contributed by atoms with Gasteiger partial charge in [0, 0.05) is 24.7 Å². The summed E-state index contributed by atoms with van der Waals surface area (Å²) >= 11 is 0. The molecule has 2 aromatic rings. The molecule has 126 valence electrons. The number of piperidine rings is 1. The normalized spacial score (nSPS) is 16.6. The molecule has 1 aromatic carbocycles. The lowest BCUT2D eigenvalue weighted by Gasteiger charge is -2.32. The number of pyridine rings is 1. The van der Waals surface area contributed by atoms with E-state index in [1.54, 1.807) is 6.20 Å². The monoisotopic (exact) mass is 323 g/mol. The Morgan fingerprint density at radius 2 is 1.71 bits per heavy atom. The maximum absolute atomic E-state index is 11.0. The van der Waals surface area contributed by atoms with E-state index in [-0.39, 0.29) is 5.91 Å². The molecule has 4 nitrogen and oxygen atoms in total. The van der Waals surface area contributed by atoms with E-state index in [1.165, 1.54) is 44.8 Å². The summed E-state index contributed by atoms with van der Waals surface area (Å²) in [6, 6.07) is 13.0. The minimum Gasteiger partial charge on any atom is -0.311 e. The molecule has 1 fully saturated rings. The molecule has 4 heteroatoms. The number of hydrogen-bond donors (Lipinski definition) is 1. The quantitative estimate of drug-likeness (QED) is 0.914. The summed E-state index contributed by atoms with van der Waals surface area (Å²) in [5, 5.41) is 2.69. The summed E-state index contributed by atoms with van der Waals surface area (Å²) in [4.78, 5) is 17.9. The molecule has 2 heterocycles. The predicted molar refractivity (Wildman–Crippen MR) is 97.8 cm³/mol. The zero-order valence-corrected chi connectivity index (χ0v) is 14.5. The largest absolute Gasteiger partial charge is 0.311 e. The zero-order chi connectivity index (χ0) is 16.9. The van der Waals surface area contributed by atoms with Crippen molar-refractivity contribution < 1.29 is 4.79 Å².